The van der Waals surface area contributed by atoms with Crippen molar-refractivity contribution in [2.24, 2.45) is 5.41 Å². The Bertz CT molecular complexity index is 175. The molecule has 0 rings (SSSR count). The molecule has 0 saturated carbocycles. The van der Waals surface area contributed by atoms with E-state index in [9.17, 15) is 4.79 Å². The lowest BCUT2D eigenvalue weighted by atomic mass is 9.73. The minimum Gasteiger partial charge on any atom is -0.298 e. The van der Waals surface area contributed by atoms with Crippen molar-refractivity contribution in [2.75, 3.05) is 0 Å². The van der Waals surface area contributed by atoms with Gasteiger partial charge in [0.25, 0.3) is 0 Å². The average molecular weight is 235 g/mol. The summed E-state index contributed by atoms with van der Waals surface area (Å²) in [6.07, 6.45) is 1.86. The van der Waals surface area contributed by atoms with Gasteiger partial charge < -0.3 is 0 Å². The molecule has 0 aromatic rings. The molecule has 0 aromatic heterocycles. The number of hydrogen-bond acceptors (Lipinski definition) is 1. The Kier molecular flexibility index (Phi) is 3.95. The third kappa shape index (κ3) is 1.90. The molecule has 0 heterocycles. The fraction of sp³-hybridized carbons (Fsp3) is 0.900. The van der Waals surface area contributed by atoms with Crippen LogP contribution in [0.3, 0.4) is 0 Å². The van der Waals surface area contributed by atoms with Crippen molar-refractivity contribution in [1.29, 1.82) is 0 Å². The van der Waals surface area contributed by atoms with E-state index in [0.29, 0.717) is 0 Å². The van der Waals surface area contributed by atoms with Crippen LogP contribution in [0.15, 0.2) is 0 Å². The van der Waals surface area contributed by atoms with Crippen molar-refractivity contribution >= 4 is 21.7 Å². The van der Waals surface area contributed by atoms with Crippen molar-refractivity contribution in [3.05, 3.63) is 0 Å². The number of Topliss-reactive ketones (excluding diaryl/α,β-unsaturated/α-hetero) is 1. The molecule has 0 N–H and O–H groups in total. The highest BCUT2D eigenvalue weighted by Crippen LogP contribution is 2.44. The van der Waals surface area contributed by atoms with Gasteiger partial charge in [0.2, 0.25) is 0 Å². The molecule has 1 unspecified atom stereocenters. The SMILES string of the molecule is CCC(C)(C)C(Br)(CC)C(C)=O. The predicted molar refractivity (Wildman–Crippen MR) is 56.7 cm³/mol. The number of alkyl halides is 1. The minimum atomic E-state index is -0.339. The lowest BCUT2D eigenvalue weighted by molar-refractivity contribution is -0.122. The molecule has 0 aliphatic rings. The van der Waals surface area contributed by atoms with Crippen LogP contribution >= 0.6 is 15.9 Å². The highest BCUT2D eigenvalue weighted by molar-refractivity contribution is 9.10. The first-order valence-corrected chi connectivity index (χ1v) is 5.31. The Morgan fingerprint density at radius 3 is 1.75 bits per heavy atom. The van der Waals surface area contributed by atoms with Gasteiger partial charge in [0.15, 0.2) is 0 Å². The van der Waals surface area contributed by atoms with Gasteiger partial charge in [0.1, 0.15) is 5.78 Å². The van der Waals surface area contributed by atoms with Gasteiger partial charge >= 0.3 is 0 Å². The summed E-state index contributed by atoms with van der Waals surface area (Å²) in [4.78, 5) is 11.5. The summed E-state index contributed by atoms with van der Waals surface area (Å²) in [7, 11) is 0. The Morgan fingerprint density at radius 1 is 1.25 bits per heavy atom. The van der Waals surface area contributed by atoms with Crippen LogP contribution in [-0.2, 0) is 4.79 Å². The van der Waals surface area contributed by atoms with Crippen molar-refractivity contribution in [1.82, 2.24) is 0 Å². The van der Waals surface area contributed by atoms with E-state index in [1.807, 2.05) is 6.92 Å². The molecule has 0 amide bonds. The largest absolute Gasteiger partial charge is 0.298 e. The van der Waals surface area contributed by atoms with Crippen LogP contribution in [-0.4, -0.2) is 10.1 Å². The van der Waals surface area contributed by atoms with Crippen LogP contribution < -0.4 is 0 Å². The molecule has 0 bridgehead atoms. The summed E-state index contributed by atoms with van der Waals surface area (Å²) in [6, 6.07) is 0. The molecule has 0 radical (unpaired) electrons. The zero-order chi connectivity index (χ0) is 9.99. The van der Waals surface area contributed by atoms with Gasteiger partial charge in [-0.05, 0) is 25.2 Å². The molecule has 1 nitrogen and oxygen atoms in total. The first kappa shape index (κ1) is 12.2. The Labute approximate surface area is 84.1 Å². The van der Waals surface area contributed by atoms with Crippen LogP contribution in [0.5, 0.6) is 0 Å². The second kappa shape index (κ2) is 3.91. The number of rotatable bonds is 4. The molecule has 0 saturated heterocycles. The second-order valence-corrected chi connectivity index (χ2v) is 5.30. The maximum absolute atomic E-state index is 11.5. The zero-order valence-electron chi connectivity index (χ0n) is 8.70. The van der Waals surface area contributed by atoms with Crippen LogP contribution in [0.25, 0.3) is 0 Å². The van der Waals surface area contributed by atoms with Gasteiger partial charge in [-0.2, -0.15) is 0 Å². The lowest BCUT2D eigenvalue weighted by Gasteiger charge is -2.39. The first-order chi connectivity index (χ1) is 5.31. The highest BCUT2D eigenvalue weighted by Gasteiger charge is 2.43. The van der Waals surface area contributed by atoms with Crippen molar-refractivity contribution < 1.29 is 4.79 Å². The van der Waals surface area contributed by atoms with Crippen LogP contribution in [0, 0.1) is 5.41 Å². The van der Waals surface area contributed by atoms with E-state index in [2.05, 4.69) is 36.7 Å². The summed E-state index contributed by atoms with van der Waals surface area (Å²) in [5.74, 6) is 0.233. The van der Waals surface area contributed by atoms with Gasteiger partial charge in [-0.15, -0.1) is 0 Å². The first-order valence-electron chi connectivity index (χ1n) is 4.51. The maximum Gasteiger partial charge on any atom is 0.147 e. The van der Waals surface area contributed by atoms with Crippen molar-refractivity contribution in [3.63, 3.8) is 0 Å². The number of ketones is 1. The topological polar surface area (TPSA) is 17.1 Å². The Morgan fingerprint density at radius 2 is 1.67 bits per heavy atom. The zero-order valence-corrected chi connectivity index (χ0v) is 10.3. The number of hydrogen-bond donors (Lipinski definition) is 0. The molecule has 0 aliphatic carbocycles. The molecule has 0 fully saturated rings. The number of carbonyl (C=O) groups is 1. The molecular weight excluding hydrogens is 216 g/mol. The van der Waals surface area contributed by atoms with Gasteiger partial charge in [0, 0.05) is 0 Å². The van der Waals surface area contributed by atoms with Gasteiger partial charge in [-0.25, -0.2) is 0 Å². The fourth-order valence-corrected chi connectivity index (χ4v) is 1.76. The smallest absolute Gasteiger partial charge is 0.147 e. The molecule has 0 aromatic carbocycles. The monoisotopic (exact) mass is 234 g/mol. The van der Waals surface area contributed by atoms with Crippen molar-refractivity contribution in [2.45, 2.75) is 51.8 Å². The molecule has 0 spiro atoms. The summed E-state index contributed by atoms with van der Waals surface area (Å²) in [5, 5.41) is 0. The average Bonchev–Trinajstić information content (AvgIpc) is 2.02. The summed E-state index contributed by atoms with van der Waals surface area (Å²) < 4.78 is -0.339. The van der Waals surface area contributed by atoms with Crippen molar-refractivity contribution in [3.8, 4) is 0 Å². The van der Waals surface area contributed by atoms with E-state index in [0.717, 1.165) is 12.8 Å². The quantitative estimate of drug-likeness (QED) is 0.681. The Balaban J connectivity index is 4.87. The van der Waals surface area contributed by atoms with E-state index < -0.39 is 0 Å². The van der Waals surface area contributed by atoms with Gasteiger partial charge in [-0.3, -0.25) is 4.79 Å². The molecule has 12 heavy (non-hydrogen) atoms. The maximum atomic E-state index is 11.5. The fourth-order valence-electron chi connectivity index (χ4n) is 1.48. The van der Waals surface area contributed by atoms with E-state index in [1.165, 1.54) is 0 Å². The third-order valence-corrected chi connectivity index (χ3v) is 5.19. The van der Waals surface area contributed by atoms with E-state index >= 15 is 0 Å². The predicted octanol–water partition coefficient (Wildman–Crippen LogP) is 3.56. The summed E-state index contributed by atoms with van der Waals surface area (Å²) in [5.41, 5.74) is 0.0353. The number of carbonyl (C=O) groups excluding carboxylic acids is 1. The van der Waals surface area contributed by atoms with E-state index in [4.69, 9.17) is 0 Å². The van der Waals surface area contributed by atoms with Gasteiger partial charge in [-0.1, -0.05) is 43.6 Å². The molecule has 72 valence electrons. The van der Waals surface area contributed by atoms with Crippen LogP contribution in [0.1, 0.15) is 47.5 Å². The molecule has 1 atom stereocenters. The summed E-state index contributed by atoms with van der Waals surface area (Å²) >= 11 is 3.58. The third-order valence-electron chi connectivity index (χ3n) is 3.00. The van der Waals surface area contributed by atoms with Gasteiger partial charge in [0.05, 0.1) is 4.32 Å². The molecule has 2 heteroatoms. The molecular formula is C10H19BrO. The van der Waals surface area contributed by atoms with Crippen LogP contribution in [0.2, 0.25) is 0 Å². The molecule has 0 aliphatic heterocycles. The summed E-state index contributed by atoms with van der Waals surface area (Å²) in [6.45, 7) is 10.1. The standard InChI is InChI=1S/C10H19BrO/c1-6-9(4,5)10(11,7-2)8(3)12/h6-7H2,1-5H3. The van der Waals surface area contributed by atoms with Crippen LogP contribution in [0.4, 0.5) is 0 Å². The highest BCUT2D eigenvalue weighted by atomic mass is 79.9. The minimum absolute atomic E-state index is 0.0353. The normalized spacial score (nSPS) is 17.2. The second-order valence-electron chi connectivity index (χ2n) is 3.95. The Hall–Kier alpha value is 0.150. The van der Waals surface area contributed by atoms with E-state index in [-0.39, 0.29) is 15.5 Å². The van der Waals surface area contributed by atoms with E-state index in [1.54, 1.807) is 6.92 Å². The lowest BCUT2D eigenvalue weighted by Crippen LogP contribution is -2.44. The number of halogens is 1.